The number of nitrogens with one attached hydrogen (secondary N) is 1. The monoisotopic (exact) mass is 509 g/mol. The Balaban J connectivity index is 0.00000363. The zero-order valence-corrected chi connectivity index (χ0v) is 21.4. The number of benzene rings is 1. The summed E-state index contributed by atoms with van der Waals surface area (Å²) in [5, 5.41) is 11.9. The van der Waals surface area contributed by atoms with Crippen molar-refractivity contribution in [2.24, 2.45) is 0 Å². The van der Waals surface area contributed by atoms with Crippen molar-refractivity contribution in [2.45, 2.75) is 51.6 Å². The fourth-order valence-corrected chi connectivity index (χ4v) is 3.31. The van der Waals surface area contributed by atoms with E-state index in [4.69, 9.17) is 4.42 Å². The molecule has 1 atom stereocenters. The molecule has 0 aliphatic carbocycles. The summed E-state index contributed by atoms with van der Waals surface area (Å²) in [4.78, 5) is 17.5. The van der Waals surface area contributed by atoms with Crippen LogP contribution in [0.25, 0.3) is 0 Å². The minimum Gasteiger partial charge on any atom is -0.596 e. The van der Waals surface area contributed by atoms with E-state index >= 15 is 0 Å². The Labute approximate surface area is 215 Å². The van der Waals surface area contributed by atoms with Crippen molar-refractivity contribution in [3.8, 4) is 0 Å². The number of furan rings is 1. The van der Waals surface area contributed by atoms with Crippen LogP contribution in [0.15, 0.2) is 65.2 Å². The third-order valence-electron chi connectivity index (χ3n) is 5.07. The van der Waals surface area contributed by atoms with Gasteiger partial charge in [-0.15, -0.1) is 6.07 Å². The van der Waals surface area contributed by atoms with E-state index < -0.39 is 6.10 Å². The minimum atomic E-state index is -0.586. The van der Waals surface area contributed by atoms with E-state index in [-0.39, 0.29) is 38.6 Å². The summed E-state index contributed by atoms with van der Waals surface area (Å²) < 4.78 is 5.25. The van der Waals surface area contributed by atoms with Gasteiger partial charge in [0.05, 0.1) is 23.7 Å². The van der Waals surface area contributed by atoms with Gasteiger partial charge in [-0.3, -0.25) is 9.78 Å². The molecule has 7 heteroatoms. The van der Waals surface area contributed by atoms with Crippen molar-refractivity contribution in [1.29, 1.82) is 0 Å². The number of hydrogen-bond donors (Lipinski definition) is 2. The predicted octanol–water partition coefficient (Wildman–Crippen LogP) is 4.87. The molecule has 2 heterocycles. The van der Waals surface area contributed by atoms with E-state index in [0.717, 1.165) is 37.9 Å². The number of nitrogens with zero attached hydrogens (tertiary/aromatic N) is 2. The van der Waals surface area contributed by atoms with Crippen LogP contribution in [0, 0.1) is 6.26 Å². The number of hydrogen-bond acceptors (Lipinski definition) is 5. The first kappa shape index (κ1) is 26.4. The number of aliphatic hydroxyl groups is 1. The van der Waals surface area contributed by atoms with Crippen molar-refractivity contribution in [1.82, 2.24) is 10.4 Å². The Morgan fingerprint density at radius 3 is 2.62 bits per heavy atom. The molecular weight excluding hydrogens is 479 g/mol. The SMILES string of the molecule is CCCCCC(O)c1ccc(N(NCCCc2cc[c-]o2)C(=O)c2ccccc2)cn1.[Y]. The largest absolute Gasteiger partial charge is 0.596 e. The van der Waals surface area contributed by atoms with Crippen molar-refractivity contribution in [2.75, 3.05) is 11.6 Å². The van der Waals surface area contributed by atoms with Crippen LogP contribution < -0.4 is 10.4 Å². The molecule has 3 aromatic rings. The summed E-state index contributed by atoms with van der Waals surface area (Å²) in [5.41, 5.74) is 5.05. The average molecular weight is 509 g/mol. The quantitative estimate of drug-likeness (QED) is 0.207. The Morgan fingerprint density at radius 2 is 1.97 bits per heavy atom. The van der Waals surface area contributed by atoms with E-state index in [2.05, 4.69) is 23.6 Å². The number of aliphatic hydroxyl groups excluding tert-OH is 1. The second kappa shape index (κ2) is 14.3. The van der Waals surface area contributed by atoms with Gasteiger partial charge < -0.3 is 9.52 Å². The number of anilines is 1. The first-order valence-electron chi connectivity index (χ1n) is 10.9. The predicted molar refractivity (Wildman–Crippen MR) is 120 cm³/mol. The third kappa shape index (κ3) is 7.93. The summed E-state index contributed by atoms with van der Waals surface area (Å²) in [6, 6.07) is 16.4. The molecule has 0 spiro atoms. The molecule has 0 aliphatic rings. The van der Waals surface area contributed by atoms with Crippen LogP contribution in [-0.2, 0) is 39.1 Å². The van der Waals surface area contributed by atoms with E-state index in [1.54, 1.807) is 30.5 Å². The molecule has 2 aromatic heterocycles. The summed E-state index contributed by atoms with van der Waals surface area (Å²) in [6.07, 6.45) is 9.14. The number of carbonyl (C=O) groups is 1. The number of hydrazine groups is 1. The normalized spacial score (nSPS) is 11.6. The number of pyridine rings is 1. The van der Waals surface area contributed by atoms with Gasteiger partial charge in [0.25, 0.3) is 5.91 Å². The standard InChI is InChI=1S/C25H30N3O3.Y/c1-2-3-5-14-24(29)23-16-15-21(19-26-23)28(25(30)20-10-6-4-7-11-20)27-17-8-12-22-13-9-18-31-22;/h4,6-7,9-11,13,15-16,19,24,27,29H,2-3,5,8,12,14,17H2,1H3;/q-1;. The number of aromatic nitrogens is 1. The molecule has 167 valence electrons. The van der Waals surface area contributed by atoms with E-state index in [1.165, 1.54) is 5.01 Å². The van der Waals surface area contributed by atoms with Crippen molar-refractivity contribution in [3.05, 3.63) is 84.1 Å². The van der Waals surface area contributed by atoms with Crippen molar-refractivity contribution < 1.29 is 47.0 Å². The van der Waals surface area contributed by atoms with Crippen LogP contribution in [0.4, 0.5) is 5.69 Å². The van der Waals surface area contributed by atoms with Crippen LogP contribution in [0.1, 0.15) is 66.9 Å². The van der Waals surface area contributed by atoms with Gasteiger partial charge in [-0.2, -0.15) is 6.07 Å². The maximum Gasteiger partial charge on any atom is 0.272 e. The molecular formula is C25H30N3O3Y-. The first-order valence-corrected chi connectivity index (χ1v) is 10.9. The zero-order chi connectivity index (χ0) is 21.9. The second-order valence-electron chi connectivity index (χ2n) is 7.49. The number of aryl methyl sites for hydroxylation is 1. The minimum absolute atomic E-state index is 0. The molecule has 6 nitrogen and oxygen atoms in total. The molecule has 1 unspecified atom stereocenters. The van der Waals surface area contributed by atoms with Gasteiger partial charge >= 0.3 is 0 Å². The average Bonchev–Trinajstić information content (AvgIpc) is 3.33. The van der Waals surface area contributed by atoms with Gasteiger partial charge in [0.2, 0.25) is 0 Å². The van der Waals surface area contributed by atoms with Gasteiger partial charge in [0.15, 0.2) is 0 Å². The third-order valence-corrected chi connectivity index (χ3v) is 5.07. The van der Waals surface area contributed by atoms with Gasteiger partial charge in [0, 0.05) is 44.8 Å². The number of carbonyl (C=O) groups excluding carboxylic acids is 1. The molecule has 0 saturated heterocycles. The maximum atomic E-state index is 13.1. The van der Waals surface area contributed by atoms with Crippen molar-refractivity contribution >= 4 is 11.6 Å². The number of unbranched alkanes of at least 4 members (excludes halogenated alkanes) is 2. The van der Waals surface area contributed by atoms with E-state index in [0.29, 0.717) is 29.9 Å². The maximum absolute atomic E-state index is 13.1. The molecule has 1 amide bonds. The molecule has 0 saturated carbocycles. The van der Waals surface area contributed by atoms with E-state index in [9.17, 15) is 9.90 Å². The Hall–Kier alpha value is -1.86. The zero-order valence-electron chi connectivity index (χ0n) is 18.5. The summed E-state index contributed by atoms with van der Waals surface area (Å²) in [7, 11) is 0. The molecule has 0 bridgehead atoms. The molecule has 0 aliphatic heterocycles. The summed E-state index contributed by atoms with van der Waals surface area (Å²) in [6.45, 7) is 2.72. The van der Waals surface area contributed by atoms with Gasteiger partial charge in [-0.1, -0.05) is 56.6 Å². The topological polar surface area (TPSA) is 78.6 Å². The Morgan fingerprint density at radius 1 is 1.16 bits per heavy atom. The number of rotatable bonds is 12. The van der Waals surface area contributed by atoms with E-state index in [1.807, 2.05) is 30.3 Å². The Bertz CT molecular complexity index is 902. The fraction of sp³-hybridized carbons (Fsp3) is 0.360. The van der Waals surface area contributed by atoms with Crippen LogP contribution in [0.5, 0.6) is 0 Å². The van der Waals surface area contributed by atoms with Crippen LogP contribution >= 0.6 is 0 Å². The molecule has 2 N–H and O–H groups in total. The Kier molecular flexibility index (Phi) is 11.8. The molecule has 32 heavy (non-hydrogen) atoms. The molecule has 0 fully saturated rings. The van der Waals surface area contributed by atoms with Crippen LogP contribution in [0.3, 0.4) is 0 Å². The molecule has 1 aromatic carbocycles. The van der Waals surface area contributed by atoms with Crippen LogP contribution in [-0.4, -0.2) is 22.5 Å². The van der Waals surface area contributed by atoms with Crippen molar-refractivity contribution in [3.63, 3.8) is 0 Å². The van der Waals surface area contributed by atoms with Gasteiger partial charge in [0.1, 0.15) is 0 Å². The van der Waals surface area contributed by atoms with Gasteiger partial charge in [-0.25, -0.2) is 10.4 Å². The van der Waals surface area contributed by atoms with Gasteiger partial charge in [-0.05, 0) is 43.4 Å². The first-order chi connectivity index (χ1) is 15.2. The molecule has 1 radical (unpaired) electrons. The number of amides is 1. The smallest absolute Gasteiger partial charge is 0.272 e. The second-order valence-corrected chi connectivity index (χ2v) is 7.49. The van der Waals surface area contributed by atoms with Crippen LogP contribution in [0.2, 0.25) is 0 Å². The summed E-state index contributed by atoms with van der Waals surface area (Å²) in [5.74, 6) is 0.704. The fourth-order valence-electron chi connectivity index (χ4n) is 3.31. The molecule has 3 rings (SSSR count). The summed E-state index contributed by atoms with van der Waals surface area (Å²) >= 11 is 0.